The number of rotatable bonds is 4. The topological polar surface area (TPSA) is 179 Å². The maximum Gasteiger partial charge on any atom is 0.294 e. The normalized spacial score (nSPS) is 25.9. The van der Waals surface area contributed by atoms with E-state index in [-0.39, 0.29) is 33.0 Å². The van der Waals surface area contributed by atoms with E-state index in [4.69, 9.17) is 18.6 Å². The number of aliphatic hydroxyl groups excluding tert-OH is 4. The maximum atomic E-state index is 12.4. The van der Waals surface area contributed by atoms with Crippen LogP contribution in [0, 0.1) is 6.92 Å². The molecular weight excluding hydrogens is 428 g/mol. The highest BCUT2D eigenvalue weighted by molar-refractivity contribution is 6.14. The number of aryl methyl sites for hydroxylation is 1. The van der Waals surface area contributed by atoms with Crippen LogP contribution in [0.15, 0.2) is 27.4 Å². The van der Waals surface area contributed by atoms with Crippen LogP contribution in [0.5, 0.6) is 23.2 Å². The van der Waals surface area contributed by atoms with Crippen LogP contribution in [0.1, 0.15) is 5.76 Å². The Morgan fingerprint density at radius 3 is 2.34 bits per heavy atom. The molecule has 1 aromatic heterocycles. The van der Waals surface area contributed by atoms with Crippen LogP contribution in [0.4, 0.5) is 0 Å². The summed E-state index contributed by atoms with van der Waals surface area (Å²) in [7, 11) is 1.34. The van der Waals surface area contributed by atoms with E-state index in [9.17, 15) is 35.4 Å². The van der Waals surface area contributed by atoms with Crippen LogP contribution >= 0.6 is 0 Å². The minimum Gasteiger partial charge on any atom is -0.506 e. The minimum atomic E-state index is -1.74. The monoisotopic (exact) mass is 450 g/mol. The van der Waals surface area contributed by atoms with Gasteiger partial charge in [-0.25, -0.2) is 0 Å². The molecule has 2 heterocycles. The molecule has 1 aliphatic rings. The summed E-state index contributed by atoms with van der Waals surface area (Å²) in [5, 5.41) is 61.2. The highest BCUT2D eigenvalue weighted by atomic mass is 16.7. The van der Waals surface area contributed by atoms with Gasteiger partial charge >= 0.3 is 0 Å². The number of aliphatic hydroxyl groups is 4. The Balaban J connectivity index is 1.95. The van der Waals surface area contributed by atoms with Gasteiger partial charge in [0.25, 0.3) is 5.95 Å². The second-order valence-electron chi connectivity index (χ2n) is 7.49. The molecule has 0 bridgehead atoms. The summed E-state index contributed by atoms with van der Waals surface area (Å²) < 4.78 is 21.6. The fourth-order valence-corrected chi connectivity index (χ4v) is 3.92. The molecule has 4 rings (SSSR count). The largest absolute Gasteiger partial charge is 0.506 e. The molecule has 0 spiro atoms. The van der Waals surface area contributed by atoms with Gasteiger partial charge < -0.3 is 49.3 Å². The van der Waals surface area contributed by atoms with Crippen molar-refractivity contribution >= 4 is 21.5 Å². The number of hydrogen-bond donors (Lipinski definition) is 6. The van der Waals surface area contributed by atoms with Crippen molar-refractivity contribution in [1.82, 2.24) is 0 Å². The molecule has 5 atom stereocenters. The van der Waals surface area contributed by atoms with Gasteiger partial charge in [-0.15, -0.1) is 0 Å². The van der Waals surface area contributed by atoms with Crippen LogP contribution in [0.2, 0.25) is 0 Å². The Kier molecular flexibility index (Phi) is 5.61. The lowest BCUT2D eigenvalue weighted by atomic mass is 9.99. The molecule has 11 nitrogen and oxygen atoms in total. The molecule has 11 heteroatoms. The Morgan fingerprint density at radius 2 is 1.69 bits per heavy atom. The van der Waals surface area contributed by atoms with Crippen LogP contribution in [0.25, 0.3) is 21.5 Å². The first-order valence-corrected chi connectivity index (χ1v) is 9.65. The molecule has 2 aromatic carbocycles. The second-order valence-corrected chi connectivity index (χ2v) is 7.49. The SMILES string of the molecule is COc1c2cc(=O)cc(OC3OC(CO)C(O)C(O)C3O)c2c(O)c2c(O)oc(C)cc12. The number of aromatic hydroxyl groups is 2. The summed E-state index contributed by atoms with van der Waals surface area (Å²) >= 11 is 0. The molecule has 0 saturated carbocycles. The van der Waals surface area contributed by atoms with Crippen molar-refractivity contribution in [3.8, 4) is 23.2 Å². The van der Waals surface area contributed by atoms with Gasteiger partial charge in [0.15, 0.2) is 5.43 Å². The molecule has 5 unspecified atom stereocenters. The van der Waals surface area contributed by atoms with E-state index >= 15 is 0 Å². The Morgan fingerprint density at radius 1 is 1.00 bits per heavy atom. The van der Waals surface area contributed by atoms with E-state index in [0.29, 0.717) is 5.76 Å². The van der Waals surface area contributed by atoms with Crippen molar-refractivity contribution in [2.24, 2.45) is 0 Å². The van der Waals surface area contributed by atoms with Gasteiger partial charge in [-0.3, -0.25) is 4.79 Å². The van der Waals surface area contributed by atoms with Crippen LogP contribution in [-0.4, -0.2) is 75.1 Å². The predicted molar refractivity (Wildman–Crippen MR) is 109 cm³/mol. The number of ether oxygens (including phenoxy) is 3. The Labute approximate surface area is 180 Å². The number of benzene rings is 2. The van der Waals surface area contributed by atoms with Crippen molar-refractivity contribution in [3.63, 3.8) is 0 Å². The van der Waals surface area contributed by atoms with Crippen molar-refractivity contribution < 1.29 is 49.3 Å². The number of phenols is 1. The van der Waals surface area contributed by atoms with Crippen molar-refractivity contribution in [2.75, 3.05) is 13.7 Å². The molecule has 1 aliphatic heterocycles. The second kappa shape index (κ2) is 8.11. The standard InChI is InChI=1S/C21H22O11/c1-7-3-9-14(20(28)30-7)16(25)13-10(19(9)29-2)4-8(23)5-11(13)31-21-18(27)17(26)15(24)12(6-22)32-21/h3-5,12,15,17-18,21-22,24-28H,6H2,1-2H3. The molecule has 6 N–H and O–H groups in total. The maximum absolute atomic E-state index is 12.4. The van der Waals surface area contributed by atoms with Gasteiger partial charge in [-0.2, -0.15) is 0 Å². The smallest absolute Gasteiger partial charge is 0.294 e. The number of hydrogen-bond acceptors (Lipinski definition) is 11. The van der Waals surface area contributed by atoms with E-state index < -0.39 is 54.4 Å². The number of methoxy groups -OCH3 is 1. The molecule has 0 aliphatic carbocycles. The van der Waals surface area contributed by atoms with E-state index in [2.05, 4.69) is 0 Å². The number of phenolic OH excluding ortho intramolecular Hbond substituents is 1. The van der Waals surface area contributed by atoms with Gasteiger partial charge in [0, 0.05) is 16.8 Å². The van der Waals surface area contributed by atoms with E-state index in [1.54, 1.807) is 6.92 Å². The molecule has 172 valence electrons. The Hall–Kier alpha value is -3.09. The molecule has 0 amide bonds. The van der Waals surface area contributed by atoms with Crippen LogP contribution in [-0.2, 0) is 4.74 Å². The van der Waals surface area contributed by atoms with Gasteiger partial charge in [-0.05, 0) is 19.1 Å². The summed E-state index contributed by atoms with van der Waals surface area (Å²) in [6, 6.07) is 3.73. The van der Waals surface area contributed by atoms with Crippen LogP contribution < -0.4 is 14.9 Å². The zero-order chi connectivity index (χ0) is 23.3. The molecule has 32 heavy (non-hydrogen) atoms. The quantitative estimate of drug-likeness (QED) is 0.291. The van der Waals surface area contributed by atoms with Gasteiger partial charge in [0.05, 0.1) is 19.1 Å². The van der Waals surface area contributed by atoms with E-state index in [0.717, 1.165) is 6.07 Å². The first-order valence-electron chi connectivity index (χ1n) is 9.65. The molecule has 0 radical (unpaired) electrons. The summed E-state index contributed by atoms with van der Waals surface area (Å²) in [4.78, 5) is 12.4. The van der Waals surface area contributed by atoms with E-state index in [1.165, 1.54) is 19.2 Å². The highest BCUT2D eigenvalue weighted by Gasteiger charge is 2.45. The Bertz CT molecular complexity index is 1230. The predicted octanol–water partition coefficient (Wildman–Crippen LogP) is -0.147. The van der Waals surface area contributed by atoms with Gasteiger partial charge in [0.2, 0.25) is 6.29 Å². The lowest BCUT2D eigenvalue weighted by Gasteiger charge is -2.39. The zero-order valence-electron chi connectivity index (χ0n) is 17.1. The van der Waals surface area contributed by atoms with E-state index in [1.807, 2.05) is 0 Å². The summed E-state index contributed by atoms with van der Waals surface area (Å²) in [6.45, 7) is 0.906. The minimum absolute atomic E-state index is 0.0553. The third-order valence-corrected chi connectivity index (χ3v) is 5.42. The lowest BCUT2D eigenvalue weighted by molar-refractivity contribution is -0.277. The molecule has 1 saturated heterocycles. The molecule has 1 fully saturated rings. The van der Waals surface area contributed by atoms with Crippen molar-refractivity contribution in [1.29, 1.82) is 0 Å². The first-order chi connectivity index (χ1) is 15.2. The fraction of sp³-hybridized carbons (Fsp3) is 0.381. The fourth-order valence-electron chi connectivity index (χ4n) is 3.92. The van der Waals surface area contributed by atoms with Gasteiger partial charge in [0.1, 0.15) is 52.8 Å². The van der Waals surface area contributed by atoms with Gasteiger partial charge in [-0.1, -0.05) is 0 Å². The zero-order valence-corrected chi connectivity index (χ0v) is 17.1. The third kappa shape index (κ3) is 3.40. The van der Waals surface area contributed by atoms with Crippen molar-refractivity contribution in [3.05, 3.63) is 34.2 Å². The molecular formula is C21H22O11. The van der Waals surface area contributed by atoms with Crippen molar-refractivity contribution in [2.45, 2.75) is 37.6 Å². The van der Waals surface area contributed by atoms with Crippen LogP contribution in [0.3, 0.4) is 0 Å². The first kappa shape index (κ1) is 22.1. The summed E-state index contributed by atoms with van der Waals surface area (Å²) in [5.74, 6) is -0.865. The average molecular weight is 450 g/mol. The highest BCUT2D eigenvalue weighted by Crippen LogP contribution is 2.48. The molecule has 3 aromatic rings. The third-order valence-electron chi connectivity index (χ3n) is 5.42. The number of fused-ring (bicyclic) bond motifs is 2. The lowest BCUT2D eigenvalue weighted by Crippen LogP contribution is -2.60. The summed E-state index contributed by atoms with van der Waals surface area (Å²) in [6.07, 6.45) is -7.89. The average Bonchev–Trinajstić information content (AvgIpc) is 2.73. The summed E-state index contributed by atoms with van der Waals surface area (Å²) in [5.41, 5.74) is -0.532.